The number of hydrogen-bond donors (Lipinski definition) is 2. The second-order valence-corrected chi connectivity index (χ2v) is 6.05. The number of thiophene rings is 1. The normalized spacial score (nSPS) is 11.1. The van der Waals surface area contributed by atoms with E-state index in [-0.39, 0.29) is 5.69 Å². The summed E-state index contributed by atoms with van der Waals surface area (Å²) in [6.07, 6.45) is 2.70. The summed E-state index contributed by atoms with van der Waals surface area (Å²) in [6, 6.07) is 10.6. The van der Waals surface area contributed by atoms with Crippen molar-refractivity contribution in [3.05, 3.63) is 75.0 Å². The van der Waals surface area contributed by atoms with Gasteiger partial charge < -0.3 is 10.6 Å². The topological polar surface area (TPSA) is 79.6 Å². The van der Waals surface area contributed by atoms with Crippen LogP contribution in [0.2, 0.25) is 0 Å². The van der Waals surface area contributed by atoms with Gasteiger partial charge in [0.15, 0.2) is 5.96 Å². The number of benzene rings is 1. The van der Waals surface area contributed by atoms with Gasteiger partial charge >= 0.3 is 0 Å². The molecular formula is C17H20N4O2S. The Bertz CT molecular complexity index is 681. The monoisotopic (exact) mass is 344 g/mol. The molecule has 0 aliphatic heterocycles. The highest BCUT2D eigenvalue weighted by Gasteiger charge is 2.04. The molecule has 2 N–H and O–H groups in total. The summed E-state index contributed by atoms with van der Waals surface area (Å²) >= 11 is 1.73. The number of guanidine groups is 1. The standard InChI is InChI=1S/C17H20N4O2S/c1-2-10-18-17(19-11-9-16-4-3-12-24-16)20-13-14-5-7-15(8-6-14)21(22)23/h2-8,12H,1,9-11,13H2,(H2,18,19,20). The van der Waals surface area contributed by atoms with Crippen LogP contribution in [0.25, 0.3) is 0 Å². The smallest absolute Gasteiger partial charge is 0.269 e. The predicted molar refractivity (Wildman–Crippen MR) is 98.5 cm³/mol. The minimum Gasteiger partial charge on any atom is -0.356 e. The largest absolute Gasteiger partial charge is 0.356 e. The van der Waals surface area contributed by atoms with Crippen LogP contribution < -0.4 is 10.6 Å². The number of non-ortho nitro benzene ring substituents is 1. The molecule has 0 atom stereocenters. The Balaban J connectivity index is 1.91. The van der Waals surface area contributed by atoms with Crippen molar-refractivity contribution in [1.82, 2.24) is 10.6 Å². The van der Waals surface area contributed by atoms with Gasteiger partial charge in [-0.1, -0.05) is 24.3 Å². The third-order valence-corrected chi connectivity index (χ3v) is 4.16. The van der Waals surface area contributed by atoms with Crippen molar-refractivity contribution in [2.75, 3.05) is 13.1 Å². The number of aliphatic imine (C=N–C) groups is 1. The molecule has 7 heteroatoms. The highest BCUT2D eigenvalue weighted by Crippen LogP contribution is 2.12. The molecule has 0 spiro atoms. The predicted octanol–water partition coefficient (Wildman–Crippen LogP) is 3.12. The van der Waals surface area contributed by atoms with Gasteiger partial charge in [-0.3, -0.25) is 10.1 Å². The lowest BCUT2D eigenvalue weighted by molar-refractivity contribution is -0.384. The molecule has 0 bridgehead atoms. The third kappa shape index (κ3) is 5.85. The lowest BCUT2D eigenvalue weighted by Gasteiger charge is -2.11. The van der Waals surface area contributed by atoms with Crippen molar-refractivity contribution in [2.45, 2.75) is 13.0 Å². The molecule has 2 rings (SSSR count). The Labute approximate surface area is 145 Å². The lowest BCUT2D eigenvalue weighted by atomic mass is 10.2. The van der Waals surface area contributed by atoms with Crippen LogP contribution >= 0.6 is 11.3 Å². The maximum absolute atomic E-state index is 10.7. The average molecular weight is 344 g/mol. The molecule has 1 aromatic carbocycles. The zero-order chi connectivity index (χ0) is 17.2. The summed E-state index contributed by atoms with van der Waals surface area (Å²) in [7, 11) is 0. The summed E-state index contributed by atoms with van der Waals surface area (Å²) in [5.74, 6) is 0.699. The third-order valence-electron chi connectivity index (χ3n) is 3.22. The van der Waals surface area contributed by atoms with E-state index >= 15 is 0 Å². The minimum atomic E-state index is -0.407. The van der Waals surface area contributed by atoms with E-state index in [9.17, 15) is 10.1 Å². The van der Waals surface area contributed by atoms with Crippen LogP contribution in [0.15, 0.2) is 59.4 Å². The summed E-state index contributed by atoms with van der Waals surface area (Å²) < 4.78 is 0. The van der Waals surface area contributed by atoms with Gasteiger partial charge in [0.05, 0.1) is 11.5 Å². The minimum absolute atomic E-state index is 0.0850. The Morgan fingerprint density at radius 2 is 2.08 bits per heavy atom. The van der Waals surface area contributed by atoms with E-state index < -0.39 is 4.92 Å². The Morgan fingerprint density at radius 3 is 2.71 bits per heavy atom. The molecule has 0 saturated carbocycles. The maximum Gasteiger partial charge on any atom is 0.269 e. The van der Waals surface area contributed by atoms with Crippen molar-refractivity contribution in [2.24, 2.45) is 4.99 Å². The van der Waals surface area contributed by atoms with Crippen LogP contribution in [0.1, 0.15) is 10.4 Å². The zero-order valence-corrected chi connectivity index (χ0v) is 14.1. The molecule has 1 aromatic heterocycles. The lowest BCUT2D eigenvalue weighted by Crippen LogP contribution is -2.38. The number of nitrogens with zero attached hydrogens (tertiary/aromatic N) is 2. The van der Waals surface area contributed by atoms with Crippen molar-refractivity contribution in [3.8, 4) is 0 Å². The highest BCUT2D eigenvalue weighted by atomic mass is 32.1. The van der Waals surface area contributed by atoms with Crippen LogP contribution in [0, 0.1) is 10.1 Å². The van der Waals surface area contributed by atoms with E-state index in [0.29, 0.717) is 19.0 Å². The molecule has 0 aliphatic carbocycles. The fourth-order valence-electron chi connectivity index (χ4n) is 2.00. The summed E-state index contributed by atoms with van der Waals surface area (Å²) in [4.78, 5) is 16.1. The molecule has 0 saturated heterocycles. The number of hydrogen-bond acceptors (Lipinski definition) is 4. The quantitative estimate of drug-likeness (QED) is 0.253. The number of nitrogens with one attached hydrogen (secondary N) is 2. The molecule has 0 unspecified atom stereocenters. The summed E-state index contributed by atoms with van der Waals surface area (Å²) in [5.41, 5.74) is 1.00. The molecule has 1 heterocycles. The maximum atomic E-state index is 10.7. The summed E-state index contributed by atoms with van der Waals surface area (Å²) in [6.45, 7) is 5.54. The van der Waals surface area contributed by atoms with E-state index in [4.69, 9.17) is 0 Å². The molecule has 2 aromatic rings. The molecule has 126 valence electrons. The van der Waals surface area contributed by atoms with Crippen LogP contribution in [-0.4, -0.2) is 24.0 Å². The number of rotatable bonds is 8. The SMILES string of the molecule is C=CCNC(=NCc1ccc([N+](=O)[O-])cc1)NCCc1cccs1. The van der Waals surface area contributed by atoms with Gasteiger partial charge in [0.25, 0.3) is 5.69 Å². The molecular weight excluding hydrogens is 324 g/mol. The van der Waals surface area contributed by atoms with Gasteiger partial charge in [-0.2, -0.15) is 0 Å². The Hall–Kier alpha value is -2.67. The first-order valence-electron chi connectivity index (χ1n) is 7.58. The first-order chi connectivity index (χ1) is 11.7. The van der Waals surface area contributed by atoms with Gasteiger partial charge in [0, 0.05) is 30.1 Å². The fourth-order valence-corrected chi connectivity index (χ4v) is 2.70. The van der Waals surface area contributed by atoms with Crippen molar-refractivity contribution >= 4 is 23.0 Å². The van der Waals surface area contributed by atoms with Gasteiger partial charge in [-0.05, 0) is 23.4 Å². The van der Waals surface area contributed by atoms with Gasteiger partial charge in [-0.25, -0.2) is 4.99 Å². The van der Waals surface area contributed by atoms with Crippen molar-refractivity contribution in [3.63, 3.8) is 0 Å². The van der Waals surface area contributed by atoms with Crippen LogP contribution in [0.5, 0.6) is 0 Å². The molecule has 0 amide bonds. The Kier molecular flexibility index (Phi) is 6.97. The van der Waals surface area contributed by atoms with E-state index in [1.165, 1.54) is 17.0 Å². The number of nitro benzene ring substituents is 1. The van der Waals surface area contributed by atoms with Crippen molar-refractivity contribution in [1.29, 1.82) is 0 Å². The molecule has 0 radical (unpaired) electrons. The van der Waals surface area contributed by atoms with E-state index in [2.05, 4.69) is 33.7 Å². The van der Waals surface area contributed by atoms with Crippen LogP contribution in [0.4, 0.5) is 5.69 Å². The first-order valence-corrected chi connectivity index (χ1v) is 8.46. The van der Waals surface area contributed by atoms with Gasteiger partial charge in [-0.15, -0.1) is 17.9 Å². The Morgan fingerprint density at radius 1 is 1.29 bits per heavy atom. The molecule has 6 nitrogen and oxygen atoms in total. The average Bonchev–Trinajstić information content (AvgIpc) is 3.10. The van der Waals surface area contributed by atoms with Crippen molar-refractivity contribution < 1.29 is 4.92 Å². The zero-order valence-electron chi connectivity index (χ0n) is 13.3. The van der Waals surface area contributed by atoms with E-state index in [1.54, 1.807) is 29.5 Å². The first kappa shape index (κ1) is 17.7. The van der Waals surface area contributed by atoms with Crippen LogP contribution in [0.3, 0.4) is 0 Å². The van der Waals surface area contributed by atoms with E-state index in [1.807, 2.05) is 6.07 Å². The molecule has 0 aliphatic rings. The second kappa shape index (κ2) is 9.46. The van der Waals surface area contributed by atoms with Crippen LogP contribution in [-0.2, 0) is 13.0 Å². The molecule has 24 heavy (non-hydrogen) atoms. The highest BCUT2D eigenvalue weighted by molar-refractivity contribution is 7.09. The summed E-state index contributed by atoms with van der Waals surface area (Å²) in [5, 5.41) is 19.2. The second-order valence-electron chi connectivity index (χ2n) is 5.01. The molecule has 0 fully saturated rings. The van der Waals surface area contributed by atoms with Gasteiger partial charge in [0.1, 0.15) is 0 Å². The van der Waals surface area contributed by atoms with E-state index in [0.717, 1.165) is 18.5 Å². The van der Waals surface area contributed by atoms with Gasteiger partial charge in [0.2, 0.25) is 0 Å². The fraction of sp³-hybridized carbons (Fsp3) is 0.235. The number of nitro groups is 1.